The van der Waals surface area contributed by atoms with Crippen LogP contribution in [-0.4, -0.2) is 55.2 Å². The number of hydrogen-bond donors (Lipinski definition) is 2. The van der Waals surface area contributed by atoms with Gasteiger partial charge in [0.25, 0.3) is 11.8 Å². The van der Waals surface area contributed by atoms with Crippen molar-refractivity contribution in [2.45, 2.75) is 25.8 Å². The smallest absolute Gasteiger partial charge is 0.287 e. The molecule has 0 spiro atoms. The lowest BCUT2D eigenvalue weighted by molar-refractivity contribution is 0.0676. The van der Waals surface area contributed by atoms with E-state index >= 15 is 0 Å². The van der Waals surface area contributed by atoms with E-state index in [1.165, 1.54) is 0 Å². The number of aryl methyl sites for hydroxylation is 1. The summed E-state index contributed by atoms with van der Waals surface area (Å²) in [5.74, 6) is 0.0224. The molecule has 4 rings (SSSR count). The van der Waals surface area contributed by atoms with Gasteiger partial charge in [-0.2, -0.15) is 0 Å². The standard InChI is InChI=1S/C18H20N6O2/c1-12-8-20-16(21-12)17(25)22-13-4-2-6-23(10-13)18(26)14-5-3-7-24-11-19-9-15(14)24/h3,5,7-9,11,13H,2,4,6,10H2,1H3,(H,20,21)(H,22,25). The minimum atomic E-state index is -0.240. The van der Waals surface area contributed by atoms with Gasteiger partial charge in [0, 0.05) is 37.2 Å². The summed E-state index contributed by atoms with van der Waals surface area (Å²) in [5.41, 5.74) is 2.25. The lowest BCUT2D eigenvalue weighted by Crippen LogP contribution is -2.49. The minimum Gasteiger partial charge on any atom is -0.345 e. The molecule has 26 heavy (non-hydrogen) atoms. The van der Waals surface area contributed by atoms with E-state index in [0.717, 1.165) is 24.1 Å². The summed E-state index contributed by atoms with van der Waals surface area (Å²) >= 11 is 0. The van der Waals surface area contributed by atoms with Crippen LogP contribution in [0.25, 0.3) is 5.52 Å². The fourth-order valence-electron chi connectivity index (χ4n) is 3.36. The van der Waals surface area contributed by atoms with Crippen LogP contribution in [0.2, 0.25) is 0 Å². The van der Waals surface area contributed by atoms with Gasteiger partial charge in [0.1, 0.15) is 0 Å². The van der Waals surface area contributed by atoms with Gasteiger partial charge in [0.15, 0.2) is 5.82 Å². The van der Waals surface area contributed by atoms with Crippen LogP contribution < -0.4 is 5.32 Å². The maximum Gasteiger partial charge on any atom is 0.287 e. The van der Waals surface area contributed by atoms with Crippen LogP contribution in [0.1, 0.15) is 39.5 Å². The van der Waals surface area contributed by atoms with Crippen molar-refractivity contribution in [3.63, 3.8) is 0 Å². The summed E-state index contributed by atoms with van der Waals surface area (Å²) in [7, 11) is 0. The highest BCUT2D eigenvalue weighted by Crippen LogP contribution is 2.17. The lowest BCUT2D eigenvalue weighted by Gasteiger charge is -2.33. The van der Waals surface area contributed by atoms with Gasteiger partial charge in [0.2, 0.25) is 0 Å². The zero-order valence-corrected chi connectivity index (χ0v) is 14.5. The van der Waals surface area contributed by atoms with Gasteiger partial charge in [-0.15, -0.1) is 0 Å². The fraction of sp³-hybridized carbons (Fsp3) is 0.333. The lowest BCUT2D eigenvalue weighted by atomic mass is 10.0. The zero-order valence-electron chi connectivity index (χ0n) is 14.5. The number of H-pyrrole nitrogens is 1. The number of nitrogens with one attached hydrogen (secondary N) is 2. The minimum absolute atomic E-state index is 0.0381. The molecule has 134 valence electrons. The van der Waals surface area contributed by atoms with Crippen molar-refractivity contribution in [2.24, 2.45) is 0 Å². The molecule has 8 heteroatoms. The van der Waals surface area contributed by atoms with Gasteiger partial charge in [-0.3, -0.25) is 9.59 Å². The van der Waals surface area contributed by atoms with Gasteiger partial charge in [-0.25, -0.2) is 9.97 Å². The number of likely N-dealkylation sites (tertiary alicyclic amines) is 1. The summed E-state index contributed by atoms with van der Waals surface area (Å²) < 4.78 is 1.83. The zero-order chi connectivity index (χ0) is 18.1. The number of amides is 2. The molecular formula is C18H20N6O2. The van der Waals surface area contributed by atoms with Crippen molar-refractivity contribution in [2.75, 3.05) is 13.1 Å². The molecule has 2 amide bonds. The van der Waals surface area contributed by atoms with Crippen LogP contribution in [0.3, 0.4) is 0 Å². The van der Waals surface area contributed by atoms with Crippen LogP contribution in [0.4, 0.5) is 0 Å². The highest BCUT2D eigenvalue weighted by Gasteiger charge is 2.27. The number of fused-ring (bicyclic) bond motifs is 1. The van der Waals surface area contributed by atoms with E-state index in [0.29, 0.717) is 24.5 Å². The highest BCUT2D eigenvalue weighted by atomic mass is 16.2. The van der Waals surface area contributed by atoms with Gasteiger partial charge >= 0.3 is 0 Å². The molecular weight excluding hydrogens is 332 g/mol. The van der Waals surface area contributed by atoms with Crippen LogP contribution in [0, 0.1) is 6.92 Å². The van der Waals surface area contributed by atoms with E-state index in [9.17, 15) is 9.59 Å². The first kappa shape index (κ1) is 16.3. The largest absolute Gasteiger partial charge is 0.345 e. The third-order valence-corrected chi connectivity index (χ3v) is 4.64. The number of piperidine rings is 1. The summed E-state index contributed by atoms with van der Waals surface area (Å²) in [6, 6.07) is 3.56. The Morgan fingerprint density at radius 2 is 2.23 bits per heavy atom. The normalized spacial score (nSPS) is 17.4. The number of imidazole rings is 2. The SMILES string of the molecule is Cc1cnc(C(=O)NC2CCCN(C(=O)c3cccn4cncc34)C2)[nH]1. The Kier molecular flexibility index (Phi) is 4.16. The van der Waals surface area contributed by atoms with Crippen molar-refractivity contribution in [3.8, 4) is 0 Å². The van der Waals surface area contributed by atoms with Crippen LogP contribution in [0.15, 0.2) is 37.1 Å². The number of pyridine rings is 1. The van der Waals surface area contributed by atoms with E-state index < -0.39 is 0 Å². The fourth-order valence-corrected chi connectivity index (χ4v) is 3.36. The van der Waals surface area contributed by atoms with Crippen LogP contribution in [0.5, 0.6) is 0 Å². The van der Waals surface area contributed by atoms with Gasteiger partial charge in [0.05, 0.1) is 23.6 Å². The summed E-state index contributed by atoms with van der Waals surface area (Å²) in [6.07, 6.45) is 8.54. The number of aromatic nitrogens is 4. The maximum absolute atomic E-state index is 13.0. The molecule has 0 bridgehead atoms. The third-order valence-electron chi connectivity index (χ3n) is 4.64. The van der Waals surface area contributed by atoms with E-state index in [1.807, 2.05) is 29.7 Å². The predicted molar refractivity (Wildman–Crippen MR) is 94.9 cm³/mol. The predicted octanol–water partition coefficient (Wildman–Crippen LogP) is 1.40. The molecule has 0 radical (unpaired) electrons. The van der Waals surface area contributed by atoms with E-state index in [1.54, 1.807) is 23.6 Å². The van der Waals surface area contributed by atoms with Crippen molar-refractivity contribution in [1.29, 1.82) is 0 Å². The summed E-state index contributed by atoms with van der Waals surface area (Å²) in [5, 5.41) is 2.97. The summed E-state index contributed by atoms with van der Waals surface area (Å²) in [6.45, 7) is 3.02. The Labute approximate surface area is 150 Å². The molecule has 1 unspecified atom stereocenters. The van der Waals surface area contributed by atoms with Crippen LogP contribution >= 0.6 is 0 Å². The molecule has 1 saturated heterocycles. The molecule has 1 fully saturated rings. The second kappa shape index (κ2) is 6.62. The second-order valence-electron chi connectivity index (χ2n) is 6.59. The number of carbonyl (C=O) groups is 2. The maximum atomic E-state index is 13.0. The average Bonchev–Trinajstić information content (AvgIpc) is 3.30. The molecule has 8 nitrogen and oxygen atoms in total. The van der Waals surface area contributed by atoms with E-state index in [4.69, 9.17) is 0 Å². The molecule has 1 atom stereocenters. The molecule has 1 aliphatic heterocycles. The molecule has 3 aromatic rings. The number of nitrogens with zero attached hydrogens (tertiary/aromatic N) is 4. The monoisotopic (exact) mass is 352 g/mol. The van der Waals surface area contributed by atoms with Gasteiger partial charge < -0.3 is 19.6 Å². The Morgan fingerprint density at radius 3 is 3.04 bits per heavy atom. The molecule has 0 saturated carbocycles. The molecule has 3 aromatic heterocycles. The quantitative estimate of drug-likeness (QED) is 0.745. The molecule has 0 aliphatic carbocycles. The number of carbonyl (C=O) groups excluding carboxylic acids is 2. The van der Waals surface area contributed by atoms with Crippen molar-refractivity contribution in [3.05, 3.63) is 54.1 Å². The molecule has 1 aliphatic rings. The summed E-state index contributed by atoms with van der Waals surface area (Å²) in [4.78, 5) is 38.1. The number of hydrogen-bond acceptors (Lipinski definition) is 4. The second-order valence-corrected chi connectivity index (χ2v) is 6.59. The Balaban J connectivity index is 1.47. The first-order chi connectivity index (χ1) is 12.6. The third kappa shape index (κ3) is 3.05. The number of rotatable bonds is 3. The van der Waals surface area contributed by atoms with Gasteiger partial charge in [-0.05, 0) is 31.9 Å². The first-order valence-electron chi connectivity index (χ1n) is 8.64. The van der Waals surface area contributed by atoms with Crippen molar-refractivity contribution in [1.82, 2.24) is 29.6 Å². The Morgan fingerprint density at radius 1 is 1.35 bits per heavy atom. The molecule has 0 aromatic carbocycles. The van der Waals surface area contributed by atoms with Gasteiger partial charge in [-0.1, -0.05) is 0 Å². The topological polar surface area (TPSA) is 95.4 Å². The molecule has 4 heterocycles. The average molecular weight is 352 g/mol. The number of aromatic amines is 1. The highest BCUT2D eigenvalue weighted by molar-refractivity contribution is 6.00. The molecule has 2 N–H and O–H groups in total. The Hall–Kier alpha value is -3.16. The van der Waals surface area contributed by atoms with E-state index in [2.05, 4.69) is 20.3 Å². The van der Waals surface area contributed by atoms with Crippen molar-refractivity contribution < 1.29 is 9.59 Å². The first-order valence-corrected chi connectivity index (χ1v) is 8.64. The van der Waals surface area contributed by atoms with E-state index in [-0.39, 0.29) is 17.9 Å². The van der Waals surface area contributed by atoms with Crippen molar-refractivity contribution >= 4 is 17.3 Å². The Bertz CT molecular complexity index is 959. The van der Waals surface area contributed by atoms with Crippen LogP contribution in [-0.2, 0) is 0 Å².